The number of nitrogens with two attached hydrogens (primary N) is 1. The Morgan fingerprint density at radius 3 is 2.88 bits per heavy atom. The van der Waals surface area contributed by atoms with Gasteiger partial charge in [0.25, 0.3) is 0 Å². The maximum absolute atomic E-state index is 5.88. The fourth-order valence-electron chi connectivity index (χ4n) is 1.36. The summed E-state index contributed by atoms with van der Waals surface area (Å²) in [5.41, 5.74) is 6.22. The van der Waals surface area contributed by atoms with Gasteiger partial charge >= 0.3 is 0 Å². The van der Waals surface area contributed by atoms with Gasteiger partial charge in [-0.15, -0.1) is 0 Å². The van der Waals surface area contributed by atoms with Gasteiger partial charge in [-0.1, -0.05) is 23.8 Å². The van der Waals surface area contributed by atoms with Crippen molar-refractivity contribution in [2.24, 2.45) is 12.8 Å². The Labute approximate surface area is 109 Å². The smallest absolute Gasteiger partial charge is 0.165 e. The quantitative estimate of drug-likeness (QED) is 0.868. The molecule has 2 N–H and O–H groups in total. The highest BCUT2D eigenvalue weighted by Crippen LogP contribution is 2.27. The second-order valence-electron chi connectivity index (χ2n) is 3.46. The standard InChI is InChI=1S/C11H10ClN3OS/c1-15-6-8(5-14-15)16-10-3-2-7(12)4-9(10)11(13)17/h2-6H,1H3,(H2,13,17). The molecular formula is C11H10ClN3OS. The van der Waals surface area contributed by atoms with E-state index >= 15 is 0 Å². The summed E-state index contributed by atoms with van der Waals surface area (Å²) in [7, 11) is 1.81. The van der Waals surface area contributed by atoms with Crippen LogP contribution >= 0.6 is 23.8 Å². The topological polar surface area (TPSA) is 53.1 Å². The first kappa shape index (κ1) is 11.9. The first-order valence-electron chi connectivity index (χ1n) is 4.82. The van der Waals surface area contributed by atoms with Crippen LogP contribution in [0.1, 0.15) is 5.56 Å². The van der Waals surface area contributed by atoms with E-state index in [2.05, 4.69) is 5.10 Å². The summed E-state index contributed by atoms with van der Waals surface area (Å²) in [5, 5.41) is 4.57. The number of thiocarbonyl (C=S) groups is 1. The highest BCUT2D eigenvalue weighted by Gasteiger charge is 2.09. The number of benzene rings is 1. The van der Waals surface area contributed by atoms with Gasteiger partial charge in [-0.2, -0.15) is 5.10 Å². The second-order valence-corrected chi connectivity index (χ2v) is 4.33. The zero-order chi connectivity index (χ0) is 12.4. The summed E-state index contributed by atoms with van der Waals surface area (Å²) < 4.78 is 7.28. The highest BCUT2D eigenvalue weighted by atomic mass is 35.5. The molecule has 1 aromatic heterocycles. The van der Waals surface area contributed by atoms with Crippen molar-refractivity contribution in [2.45, 2.75) is 0 Å². The lowest BCUT2D eigenvalue weighted by molar-refractivity contribution is 0.481. The number of hydrogen-bond acceptors (Lipinski definition) is 3. The molecule has 0 saturated carbocycles. The Kier molecular flexibility index (Phi) is 3.31. The van der Waals surface area contributed by atoms with Crippen molar-refractivity contribution in [1.29, 1.82) is 0 Å². The summed E-state index contributed by atoms with van der Waals surface area (Å²) >= 11 is 10.8. The van der Waals surface area contributed by atoms with Gasteiger partial charge in [0.1, 0.15) is 10.7 Å². The Hall–Kier alpha value is -1.59. The van der Waals surface area contributed by atoms with Crippen LogP contribution < -0.4 is 10.5 Å². The van der Waals surface area contributed by atoms with Crippen LogP contribution in [0.25, 0.3) is 0 Å². The van der Waals surface area contributed by atoms with Gasteiger partial charge in [-0.3, -0.25) is 4.68 Å². The zero-order valence-electron chi connectivity index (χ0n) is 9.05. The van der Waals surface area contributed by atoms with Crippen molar-refractivity contribution in [2.75, 3.05) is 0 Å². The molecule has 6 heteroatoms. The van der Waals surface area contributed by atoms with Crippen molar-refractivity contribution in [3.8, 4) is 11.5 Å². The zero-order valence-corrected chi connectivity index (χ0v) is 10.6. The molecule has 0 aliphatic carbocycles. The molecule has 17 heavy (non-hydrogen) atoms. The lowest BCUT2D eigenvalue weighted by atomic mass is 10.2. The van der Waals surface area contributed by atoms with E-state index in [1.807, 2.05) is 7.05 Å². The van der Waals surface area contributed by atoms with Crippen LogP contribution in [0.2, 0.25) is 5.02 Å². The van der Waals surface area contributed by atoms with Gasteiger partial charge in [-0.25, -0.2) is 0 Å². The maximum atomic E-state index is 5.88. The van der Waals surface area contributed by atoms with E-state index in [0.717, 1.165) is 0 Å². The van der Waals surface area contributed by atoms with Crippen molar-refractivity contribution in [3.63, 3.8) is 0 Å². The third-order valence-corrected chi connectivity index (χ3v) is 2.57. The Morgan fingerprint density at radius 2 is 2.29 bits per heavy atom. The van der Waals surface area contributed by atoms with Crippen LogP contribution in [0.4, 0.5) is 0 Å². The number of halogens is 1. The predicted molar refractivity (Wildman–Crippen MR) is 70.6 cm³/mol. The third kappa shape index (κ3) is 2.75. The number of aryl methyl sites for hydroxylation is 1. The average Bonchev–Trinajstić information content (AvgIpc) is 2.66. The number of nitrogens with zero attached hydrogens (tertiary/aromatic N) is 2. The number of ether oxygens (including phenoxy) is 1. The molecule has 0 aliphatic rings. The van der Waals surface area contributed by atoms with E-state index in [-0.39, 0.29) is 4.99 Å². The maximum Gasteiger partial charge on any atom is 0.165 e. The highest BCUT2D eigenvalue weighted by molar-refractivity contribution is 7.80. The first-order valence-corrected chi connectivity index (χ1v) is 5.61. The molecule has 0 unspecified atom stereocenters. The number of aromatic nitrogens is 2. The third-order valence-electron chi connectivity index (χ3n) is 2.12. The summed E-state index contributed by atoms with van der Waals surface area (Å²) in [6.07, 6.45) is 3.36. The van der Waals surface area contributed by atoms with E-state index in [0.29, 0.717) is 22.1 Å². The SMILES string of the molecule is Cn1cc(Oc2ccc(Cl)cc2C(N)=S)cn1. The van der Waals surface area contributed by atoms with Gasteiger partial charge in [0.05, 0.1) is 18.0 Å². The molecule has 0 aliphatic heterocycles. The minimum atomic E-state index is 0.242. The Morgan fingerprint density at radius 1 is 1.53 bits per heavy atom. The first-order chi connectivity index (χ1) is 8.06. The fourth-order valence-corrected chi connectivity index (χ4v) is 1.69. The molecule has 88 valence electrons. The Bertz CT molecular complexity index is 568. The van der Waals surface area contributed by atoms with Gasteiger partial charge in [0.15, 0.2) is 5.75 Å². The molecule has 0 fully saturated rings. The number of rotatable bonds is 3. The minimum absolute atomic E-state index is 0.242. The molecule has 2 rings (SSSR count). The average molecular weight is 268 g/mol. The molecule has 0 atom stereocenters. The minimum Gasteiger partial charge on any atom is -0.453 e. The largest absolute Gasteiger partial charge is 0.453 e. The molecule has 0 radical (unpaired) electrons. The van der Waals surface area contributed by atoms with Gasteiger partial charge < -0.3 is 10.5 Å². The van der Waals surface area contributed by atoms with E-state index in [4.69, 9.17) is 34.3 Å². The van der Waals surface area contributed by atoms with Crippen LogP contribution in [0.15, 0.2) is 30.6 Å². The molecule has 0 amide bonds. The van der Waals surface area contributed by atoms with E-state index < -0.39 is 0 Å². The van der Waals surface area contributed by atoms with Crippen molar-refractivity contribution >= 4 is 28.8 Å². The summed E-state index contributed by atoms with van der Waals surface area (Å²) in [6, 6.07) is 5.12. The molecule has 1 heterocycles. The van der Waals surface area contributed by atoms with Gasteiger partial charge in [0, 0.05) is 12.1 Å². The molecule has 0 bridgehead atoms. The van der Waals surface area contributed by atoms with E-state index in [9.17, 15) is 0 Å². The predicted octanol–water partition coefficient (Wildman–Crippen LogP) is 2.50. The van der Waals surface area contributed by atoms with Crippen LogP contribution in [0.5, 0.6) is 11.5 Å². The van der Waals surface area contributed by atoms with Crippen molar-refractivity contribution < 1.29 is 4.74 Å². The van der Waals surface area contributed by atoms with E-state index in [1.54, 1.807) is 35.3 Å². The summed E-state index contributed by atoms with van der Waals surface area (Å²) in [5.74, 6) is 1.18. The van der Waals surface area contributed by atoms with Crippen LogP contribution in [-0.2, 0) is 7.05 Å². The molecule has 2 aromatic rings. The fraction of sp³-hybridized carbons (Fsp3) is 0.0909. The normalized spacial score (nSPS) is 10.2. The van der Waals surface area contributed by atoms with Gasteiger partial charge in [-0.05, 0) is 18.2 Å². The molecule has 0 saturated heterocycles. The Balaban J connectivity index is 2.35. The second kappa shape index (κ2) is 4.73. The summed E-state index contributed by atoms with van der Waals surface area (Å²) in [6.45, 7) is 0. The van der Waals surface area contributed by atoms with Crippen LogP contribution in [-0.4, -0.2) is 14.8 Å². The van der Waals surface area contributed by atoms with Crippen LogP contribution in [0, 0.1) is 0 Å². The van der Waals surface area contributed by atoms with Crippen molar-refractivity contribution in [1.82, 2.24) is 9.78 Å². The monoisotopic (exact) mass is 267 g/mol. The lowest BCUT2D eigenvalue weighted by Gasteiger charge is -2.08. The molecular weight excluding hydrogens is 258 g/mol. The van der Waals surface area contributed by atoms with Gasteiger partial charge in [0.2, 0.25) is 0 Å². The molecule has 0 spiro atoms. The van der Waals surface area contributed by atoms with Crippen molar-refractivity contribution in [3.05, 3.63) is 41.2 Å². The van der Waals surface area contributed by atoms with Crippen LogP contribution in [0.3, 0.4) is 0 Å². The van der Waals surface area contributed by atoms with E-state index in [1.165, 1.54) is 0 Å². The molecule has 1 aromatic carbocycles. The lowest BCUT2D eigenvalue weighted by Crippen LogP contribution is -2.10. The molecule has 4 nitrogen and oxygen atoms in total. The summed E-state index contributed by atoms with van der Waals surface area (Å²) in [4.78, 5) is 0.242. The number of hydrogen-bond donors (Lipinski definition) is 1.